The predicted octanol–water partition coefficient (Wildman–Crippen LogP) is 4.15. The number of carbonyl (C=O) groups excluding carboxylic acids is 1. The zero-order valence-electron chi connectivity index (χ0n) is 18.7. The van der Waals surface area contributed by atoms with Crippen LogP contribution in [0.15, 0.2) is 84.3 Å². The molecule has 0 N–H and O–H groups in total. The molecule has 0 bridgehead atoms. The largest absolute Gasteiger partial charge is 0.378 e. The molecule has 4 aromatic rings. The Bertz CT molecular complexity index is 1240. The molecule has 1 aliphatic rings. The van der Waals surface area contributed by atoms with Gasteiger partial charge in [0.2, 0.25) is 0 Å². The second kappa shape index (κ2) is 10.6. The van der Waals surface area contributed by atoms with Crippen molar-refractivity contribution < 1.29 is 9.53 Å². The van der Waals surface area contributed by atoms with Crippen molar-refractivity contribution in [1.29, 1.82) is 0 Å². The van der Waals surface area contributed by atoms with Gasteiger partial charge in [0, 0.05) is 42.4 Å². The molecule has 0 aliphatic carbocycles. The van der Waals surface area contributed by atoms with Crippen molar-refractivity contribution in [2.24, 2.45) is 0 Å². The van der Waals surface area contributed by atoms with Gasteiger partial charge >= 0.3 is 0 Å². The van der Waals surface area contributed by atoms with Gasteiger partial charge in [0.15, 0.2) is 11.0 Å². The molecule has 0 spiro atoms. The van der Waals surface area contributed by atoms with Gasteiger partial charge in [0.25, 0.3) is 5.91 Å². The van der Waals surface area contributed by atoms with Crippen molar-refractivity contribution in [3.8, 4) is 11.4 Å². The Morgan fingerprint density at radius 3 is 2.53 bits per heavy atom. The van der Waals surface area contributed by atoms with Gasteiger partial charge < -0.3 is 9.64 Å². The third-order valence-corrected chi connectivity index (χ3v) is 6.74. The average molecular weight is 472 g/mol. The molecule has 7 nitrogen and oxygen atoms in total. The Hall–Kier alpha value is -3.49. The van der Waals surface area contributed by atoms with E-state index in [1.54, 1.807) is 24.2 Å². The summed E-state index contributed by atoms with van der Waals surface area (Å²) in [7, 11) is 0. The highest BCUT2D eigenvalue weighted by Gasteiger charge is 2.22. The molecular weight excluding hydrogens is 446 g/mol. The molecule has 172 valence electrons. The Labute approximate surface area is 202 Å². The number of rotatable bonds is 7. The van der Waals surface area contributed by atoms with Gasteiger partial charge in [-0.2, -0.15) is 0 Å². The maximum atomic E-state index is 13.2. The Kier molecular flexibility index (Phi) is 6.97. The molecule has 3 heterocycles. The smallest absolute Gasteiger partial charge is 0.254 e. The van der Waals surface area contributed by atoms with E-state index in [2.05, 4.69) is 31.9 Å². The van der Waals surface area contributed by atoms with E-state index in [0.29, 0.717) is 38.6 Å². The van der Waals surface area contributed by atoms with Gasteiger partial charge in [-0.1, -0.05) is 60.3 Å². The molecule has 34 heavy (non-hydrogen) atoms. The molecule has 0 saturated carbocycles. The van der Waals surface area contributed by atoms with E-state index in [0.717, 1.165) is 33.2 Å². The summed E-state index contributed by atoms with van der Waals surface area (Å²) in [5.74, 6) is 1.45. The van der Waals surface area contributed by atoms with Gasteiger partial charge in [-0.3, -0.25) is 14.3 Å². The number of hydrogen-bond acceptors (Lipinski definition) is 6. The first kappa shape index (κ1) is 22.3. The Balaban J connectivity index is 1.41. The van der Waals surface area contributed by atoms with Crippen molar-refractivity contribution in [2.75, 3.05) is 26.3 Å². The van der Waals surface area contributed by atoms with Crippen molar-refractivity contribution >= 4 is 17.7 Å². The second-order valence-corrected chi connectivity index (χ2v) is 8.91. The highest BCUT2D eigenvalue weighted by atomic mass is 32.2. The number of carbonyl (C=O) groups is 1. The number of ether oxygens (including phenoxy) is 1. The lowest BCUT2D eigenvalue weighted by atomic mass is 10.1. The molecule has 1 aliphatic heterocycles. The van der Waals surface area contributed by atoms with E-state index in [1.807, 2.05) is 59.5 Å². The topological polar surface area (TPSA) is 73.1 Å². The number of benzene rings is 2. The van der Waals surface area contributed by atoms with E-state index in [1.165, 1.54) is 0 Å². The minimum atomic E-state index is 0.0568. The highest BCUT2D eigenvalue weighted by Crippen LogP contribution is 2.28. The maximum absolute atomic E-state index is 13.2. The maximum Gasteiger partial charge on any atom is 0.254 e. The van der Waals surface area contributed by atoms with Crippen LogP contribution in [0.2, 0.25) is 0 Å². The fourth-order valence-electron chi connectivity index (χ4n) is 3.95. The minimum absolute atomic E-state index is 0.0568. The summed E-state index contributed by atoms with van der Waals surface area (Å²) in [5.41, 5.74) is 3.80. The summed E-state index contributed by atoms with van der Waals surface area (Å²) in [5, 5.41) is 9.80. The minimum Gasteiger partial charge on any atom is -0.378 e. The van der Waals surface area contributed by atoms with Gasteiger partial charge in [-0.05, 0) is 29.3 Å². The van der Waals surface area contributed by atoms with E-state index < -0.39 is 0 Å². The van der Waals surface area contributed by atoms with Gasteiger partial charge in [-0.25, -0.2) is 0 Å². The molecule has 0 radical (unpaired) electrons. The first-order valence-electron chi connectivity index (χ1n) is 11.2. The fraction of sp³-hybridized carbons (Fsp3) is 0.231. The zero-order valence-corrected chi connectivity index (χ0v) is 19.5. The lowest BCUT2D eigenvalue weighted by Crippen LogP contribution is -2.41. The standard InChI is InChI=1S/C26H25N5O2S/c32-25(30-13-15-33-16-14-30)23-11-5-4-9-22(23)19-34-26-29-28-24(21-10-6-12-27-17-21)31(26)18-20-7-2-1-3-8-20/h1-12,17H,13-16,18-19H2. The first-order valence-corrected chi connectivity index (χ1v) is 12.2. The summed E-state index contributed by atoms with van der Waals surface area (Å²) in [6.45, 7) is 3.07. The van der Waals surface area contributed by atoms with Crippen molar-refractivity contribution in [2.45, 2.75) is 17.5 Å². The van der Waals surface area contributed by atoms with Crippen molar-refractivity contribution in [3.05, 3.63) is 95.8 Å². The zero-order chi connectivity index (χ0) is 23.2. The van der Waals surface area contributed by atoms with Crippen LogP contribution in [0.25, 0.3) is 11.4 Å². The molecular formula is C26H25N5O2S. The fourth-order valence-corrected chi connectivity index (χ4v) is 4.89. The highest BCUT2D eigenvalue weighted by molar-refractivity contribution is 7.98. The molecule has 5 rings (SSSR count). The van der Waals surface area contributed by atoms with Crippen LogP contribution >= 0.6 is 11.8 Å². The van der Waals surface area contributed by atoms with E-state index in [-0.39, 0.29) is 5.91 Å². The molecule has 1 saturated heterocycles. The van der Waals surface area contributed by atoms with E-state index in [4.69, 9.17) is 4.74 Å². The van der Waals surface area contributed by atoms with E-state index in [9.17, 15) is 4.79 Å². The summed E-state index contributed by atoms with van der Waals surface area (Å²) in [4.78, 5) is 19.3. The summed E-state index contributed by atoms with van der Waals surface area (Å²) >= 11 is 1.59. The number of hydrogen-bond donors (Lipinski definition) is 0. The van der Waals surface area contributed by atoms with Gasteiger partial charge in [0.1, 0.15) is 0 Å². The van der Waals surface area contributed by atoms with Crippen LogP contribution < -0.4 is 0 Å². The van der Waals surface area contributed by atoms with Crippen molar-refractivity contribution in [3.63, 3.8) is 0 Å². The van der Waals surface area contributed by atoms with Gasteiger partial charge in [-0.15, -0.1) is 10.2 Å². The van der Waals surface area contributed by atoms with E-state index >= 15 is 0 Å². The summed E-state index contributed by atoms with van der Waals surface area (Å²) in [6.07, 6.45) is 3.55. The van der Waals surface area contributed by atoms with Crippen LogP contribution in [0.3, 0.4) is 0 Å². The Morgan fingerprint density at radius 1 is 0.941 bits per heavy atom. The number of nitrogens with zero attached hydrogens (tertiary/aromatic N) is 5. The number of aromatic nitrogens is 4. The molecule has 0 atom stereocenters. The van der Waals surface area contributed by atoms with Crippen LogP contribution in [-0.2, 0) is 17.0 Å². The number of thioether (sulfide) groups is 1. The molecule has 2 aromatic heterocycles. The third-order valence-electron chi connectivity index (χ3n) is 5.72. The number of pyridine rings is 1. The first-order chi connectivity index (χ1) is 16.8. The molecule has 1 amide bonds. The normalized spacial score (nSPS) is 13.7. The SMILES string of the molecule is O=C(c1ccccc1CSc1nnc(-c2cccnc2)n1Cc1ccccc1)N1CCOCC1. The monoisotopic (exact) mass is 471 g/mol. The molecule has 1 fully saturated rings. The lowest BCUT2D eigenvalue weighted by Gasteiger charge is -2.27. The predicted molar refractivity (Wildman–Crippen MR) is 132 cm³/mol. The third kappa shape index (κ3) is 5.03. The summed E-state index contributed by atoms with van der Waals surface area (Å²) < 4.78 is 7.52. The molecule has 8 heteroatoms. The average Bonchev–Trinajstić information content (AvgIpc) is 3.31. The van der Waals surface area contributed by atoms with Crippen LogP contribution in [-0.4, -0.2) is 56.9 Å². The lowest BCUT2D eigenvalue weighted by molar-refractivity contribution is 0.0302. The van der Waals surface area contributed by atoms with Gasteiger partial charge in [0.05, 0.1) is 19.8 Å². The molecule has 2 aromatic carbocycles. The van der Waals surface area contributed by atoms with Crippen molar-refractivity contribution in [1.82, 2.24) is 24.6 Å². The second-order valence-electron chi connectivity index (χ2n) is 7.97. The van der Waals surface area contributed by atoms with Crippen LogP contribution in [0, 0.1) is 0 Å². The van der Waals surface area contributed by atoms with Crippen LogP contribution in [0.5, 0.6) is 0 Å². The molecule has 0 unspecified atom stereocenters. The summed E-state index contributed by atoms with van der Waals surface area (Å²) in [6, 6.07) is 22.0. The van der Waals surface area contributed by atoms with Crippen LogP contribution in [0.1, 0.15) is 21.5 Å². The number of amides is 1. The number of morpholine rings is 1. The van der Waals surface area contributed by atoms with Crippen LogP contribution in [0.4, 0.5) is 0 Å². The quantitative estimate of drug-likeness (QED) is 0.377. The Morgan fingerprint density at radius 2 is 1.74 bits per heavy atom.